The first kappa shape index (κ1) is 16.3. The fraction of sp³-hybridized carbons (Fsp3) is 1.00. The van der Waals surface area contributed by atoms with Crippen molar-refractivity contribution in [3.8, 4) is 0 Å². The van der Waals surface area contributed by atoms with Crippen molar-refractivity contribution < 1.29 is 10.2 Å². The molecule has 0 aliphatic heterocycles. The van der Waals surface area contributed by atoms with E-state index >= 15 is 0 Å². The van der Waals surface area contributed by atoms with Crippen molar-refractivity contribution in [3.63, 3.8) is 0 Å². The minimum absolute atomic E-state index is 0. The molecule has 0 aromatic carbocycles. The maximum absolute atomic E-state index is 8.06. The quantitative estimate of drug-likeness (QED) is 0.513. The molecule has 0 rings (SSSR count). The topological polar surface area (TPSA) is 40.5 Å². The summed E-state index contributed by atoms with van der Waals surface area (Å²) in [7, 11) is 0. The summed E-state index contributed by atoms with van der Waals surface area (Å²) in [5.41, 5.74) is 0. The summed E-state index contributed by atoms with van der Waals surface area (Å²) >= 11 is 0. The van der Waals surface area contributed by atoms with Crippen LogP contribution in [-0.2, 0) is 0 Å². The third-order valence-electron chi connectivity index (χ3n) is 0. The summed E-state index contributed by atoms with van der Waals surface area (Å²) < 4.78 is 0. The van der Waals surface area contributed by atoms with Gasteiger partial charge in [-0.05, 0) is 27.7 Å². The summed E-state index contributed by atoms with van der Waals surface area (Å²) in [5, 5.41) is 16.1. The standard InChI is InChI=1S/2C3H8O.Ga.3H/c2*1-3(2)4;;;;/h2*3-4H,1-2H3;;;;. The van der Waals surface area contributed by atoms with E-state index in [9.17, 15) is 0 Å². The van der Waals surface area contributed by atoms with Crippen LogP contribution >= 0.6 is 0 Å². The zero-order valence-electron chi connectivity index (χ0n) is 6.05. The van der Waals surface area contributed by atoms with Crippen molar-refractivity contribution in [2.45, 2.75) is 39.9 Å². The van der Waals surface area contributed by atoms with Gasteiger partial charge in [-0.15, -0.1) is 0 Å². The van der Waals surface area contributed by atoms with E-state index in [1.807, 2.05) is 0 Å². The van der Waals surface area contributed by atoms with Crippen molar-refractivity contribution in [2.24, 2.45) is 0 Å². The molecule has 58 valence electrons. The van der Waals surface area contributed by atoms with E-state index in [2.05, 4.69) is 0 Å². The van der Waals surface area contributed by atoms with Crippen LogP contribution in [0.5, 0.6) is 0 Å². The second kappa shape index (κ2) is 11.4. The summed E-state index contributed by atoms with van der Waals surface area (Å²) in [6, 6.07) is 0. The summed E-state index contributed by atoms with van der Waals surface area (Å²) in [6.45, 7) is 6.89. The van der Waals surface area contributed by atoms with Crippen LogP contribution in [0.4, 0.5) is 0 Å². The van der Waals surface area contributed by atoms with Gasteiger partial charge in [-0.2, -0.15) is 0 Å². The Morgan fingerprint density at radius 1 is 0.778 bits per heavy atom. The van der Waals surface area contributed by atoms with Gasteiger partial charge in [-0.1, -0.05) is 0 Å². The first-order valence-corrected chi connectivity index (χ1v) is 2.83. The van der Waals surface area contributed by atoms with Crippen LogP contribution in [-0.4, -0.2) is 42.2 Å². The van der Waals surface area contributed by atoms with E-state index in [1.54, 1.807) is 27.7 Å². The maximum atomic E-state index is 8.06. The van der Waals surface area contributed by atoms with Crippen LogP contribution in [0.25, 0.3) is 0 Å². The first-order valence-electron chi connectivity index (χ1n) is 2.83. The van der Waals surface area contributed by atoms with Crippen molar-refractivity contribution in [1.82, 2.24) is 0 Å². The third kappa shape index (κ3) is 1190. The average molecular weight is 193 g/mol. The summed E-state index contributed by atoms with van der Waals surface area (Å²) in [6.07, 6.45) is -0.333. The van der Waals surface area contributed by atoms with Crippen LogP contribution in [0.15, 0.2) is 0 Å². The van der Waals surface area contributed by atoms with Crippen LogP contribution < -0.4 is 0 Å². The van der Waals surface area contributed by atoms with Gasteiger partial charge in [0.2, 0.25) is 0 Å². The molecular weight excluding hydrogens is 174 g/mol. The second-order valence-electron chi connectivity index (χ2n) is 2.19. The van der Waals surface area contributed by atoms with Gasteiger partial charge in [0, 0.05) is 12.2 Å². The fourth-order valence-corrected chi connectivity index (χ4v) is 0. The van der Waals surface area contributed by atoms with Crippen LogP contribution in [0.1, 0.15) is 27.7 Å². The number of rotatable bonds is 0. The second-order valence-corrected chi connectivity index (χ2v) is 2.19. The van der Waals surface area contributed by atoms with Gasteiger partial charge in [0.05, 0.1) is 0 Å². The van der Waals surface area contributed by atoms with Crippen molar-refractivity contribution in [2.75, 3.05) is 0 Å². The predicted octanol–water partition coefficient (Wildman–Crippen LogP) is -0.410. The Balaban J connectivity index is -0.0000000720. The average Bonchev–Trinajstić information content (AvgIpc) is 1.25. The molecule has 9 heavy (non-hydrogen) atoms. The number of hydrogen-bond donors (Lipinski definition) is 2. The Morgan fingerprint density at radius 3 is 0.778 bits per heavy atom. The summed E-state index contributed by atoms with van der Waals surface area (Å²) in [5.74, 6) is 0. The molecule has 0 radical (unpaired) electrons. The number of aliphatic hydroxyl groups is 2. The number of aliphatic hydroxyl groups excluding tert-OH is 2. The van der Waals surface area contributed by atoms with Gasteiger partial charge in [0.1, 0.15) is 0 Å². The molecule has 2 nitrogen and oxygen atoms in total. The molecular formula is C6H19GaO2. The van der Waals surface area contributed by atoms with E-state index in [4.69, 9.17) is 10.2 Å². The molecule has 2 N–H and O–H groups in total. The minimum atomic E-state index is -0.167. The zero-order chi connectivity index (χ0) is 7.15. The van der Waals surface area contributed by atoms with Crippen LogP contribution in [0, 0.1) is 0 Å². The van der Waals surface area contributed by atoms with E-state index < -0.39 is 0 Å². The molecule has 0 aromatic heterocycles. The molecule has 0 aromatic rings. The molecule has 0 unspecified atom stereocenters. The summed E-state index contributed by atoms with van der Waals surface area (Å²) in [4.78, 5) is 0. The van der Waals surface area contributed by atoms with Crippen LogP contribution in [0.3, 0.4) is 0 Å². The Morgan fingerprint density at radius 2 is 0.778 bits per heavy atom. The Hall–Kier alpha value is 0.556. The van der Waals surface area contributed by atoms with Gasteiger partial charge in [-0.3, -0.25) is 0 Å². The molecule has 0 aliphatic rings. The monoisotopic (exact) mass is 192 g/mol. The molecule has 0 saturated carbocycles. The molecule has 0 bridgehead atoms. The van der Waals surface area contributed by atoms with E-state index in [-0.39, 0.29) is 32.0 Å². The van der Waals surface area contributed by atoms with Crippen molar-refractivity contribution >= 4 is 19.8 Å². The SMILES string of the molecule is CC(C)O.CC(C)O.[GaH3]. The number of hydrogen-bond acceptors (Lipinski definition) is 2. The van der Waals surface area contributed by atoms with Crippen molar-refractivity contribution in [3.05, 3.63) is 0 Å². The molecule has 0 fully saturated rings. The Bertz CT molecular complexity index is 26.5. The van der Waals surface area contributed by atoms with E-state index in [1.165, 1.54) is 0 Å². The molecule has 3 heteroatoms. The third-order valence-corrected chi connectivity index (χ3v) is 0. The van der Waals surface area contributed by atoms with Gasteiger partial charge < -0.3 is 10.2 Å². The van der Waals surface area contributed by atoms with E-state index in [0.717, 1.165) is 0 Å². The molecule has 0 saturated heterocycles. The normalized spacial score (nSPS) is 8.00. The first-order chi connectivity index (χ1) is 3.46. The Kier molecular flexibility index (Phi) is 20.6. The van der Waals surface area contributed by atoms with E-state index in [0.29, 0.717) is 0 Å². The predicted molar refractivity (Wildman–Crippen MR) is 44.6 cm³/mol. The fourth-order valence-electron chi connectivity index (χ4n) is 0. The van der Waals surface area contributed by atoms with Gasteiger partial charge >= 0.3 is 19.8 Å². The van der Waals surface area contributed by atoms with Crippen LogP contribution in [0.2, 0.25) is 0 Å². The van der Waals surface area contributed by atoms with Gasteiger partial charge in [0.25, 0.3) is 0 Å². The van der Waals surface area contributed by atoms with Gasteiger partial charge in [0.15, 0.2) is 0 Å². The van der Waals surface area contributed by atoms with Crippen molar-refractivity contribution in [1.29, 1.82) is 0 Å². The van der Waals surface area contributed by atoms with Gasteiger partial charge in [-0.25, -0.2) is 0 Å². The molecule has 0 amide bonds. The molecule has 0 spiro atoms. The molecule has 0 heterocycles. The molecule has 0 aliphatic carbocycles. The zero-order valence-corrected chi connectivity index (χ0v) is 6.05. The molecule has 0 atom stereocenters. The Labute approximate surface area is 70.3 Å².